The predicted octanol–water partition coefficient (Wildman–Crippen LogP) is 2.67. The summed E-state index contributed by atoms with van der Waals surface area (Å²) in [6.07, 6.45) is 4.23. The molecule has 1 saturated carbocycles. The van der Waals surface area contributed by atoms with Crippen LogP contribution < -0.4 is 0 Å². The van der Waals surface area contributed by atoms with E-state index >= 15 is 0 Å². The highest BCUT2D eigenvalue weighted by molar-refractivity contribution is 6.64. The highest BCUT2D eigenvalue weighted by atomic mass is 35.5. The van der Waals surface area contributed by atoms with Crippen LogP contribution >= 0.6 is 11.6 Å². The summed E-state index contributed by atoms with van der Waals surface area (Å²) in [5, 5.41) is -0.486. The molecule has 0 unspecified atom stereocenters. The van der Waals surface area contributed by atoms with Crippen LogP contribution in [-0.2, 0) is 4.79 Å². The second kappa shape index (κ2) is 3.53. The largest absolute Gasteiger partial charge is 0.281 e. The van der Waals surface area contributed by atoms with E-state index in [0.717, 1.165) is 19.3 Å². The quantitative estimate of drug-likeness (QED) is 0.595. The Kier molecular flexibility index (Phi) is 2.88. The molecule has 0 amide bonds. The number of hydrogen-bond acceptors (Lipinski definition) is 1. The van der Waals surface area contributed by atoms with Crippen molar-refractivity contribution in [1.29, 1.82) is 0 Å². The van der Waals surface area contributed by atoms with Gasteiger partial charge in [0.25, 0.3) is 0 Å². The van der Waals surface area contributed by atoms with Crippen LogP contribution in [0.5, 0.6) is 0 Å². The normalized spacial score (nSPS) is 23.1. The third-order valence-corrected chi connectivity index (χ3v) is 2.88. The Hall–Kier alpha value is -0.110. The third kappa shape index (κ3) is 1.73. The van der Waals surface area contributed by atoms with E-state index in [2.05, 4.69) is 0 Å². The highest BCUT2D eigenvalue weighted by Gasteiger charge is 2.38. The Morgan fingerprint density at radius 2 is 1.91 bits per heavy atom. The van der Waals surface area contributed by atoms with Gasteiger partial charge in [-0.3, -0.25) is 4.79 Å². The Labute approximate surface area is 70.9 Å². The Morgan fingerprint density at radius 3 is 2.18 bits per heavy atom. The molecule has 1 fully saturated rings. The third-order valence-electron chi connectivity index (χ3n) is 2.48. The molecule has 0 aliphatic heterocycles. The van der Waals surface area contributed by atoms with Crippen LogP contribution in [0, 0.1) is 5.41 Å². The van der Waals surface area contributed by atoms with Crippen LogP contribution in [0.2, 0.25) is 0 Å². The SMILES string of the molecule is O=C(Cl)C1(CF)CCCCC1. The summed E-state index contributed by atoms with van der Waals surface area (Å²) in [6.45, 7) is -0.588. The maximum absolute atomic E-state index is 12.5. The van der Waals surface area contributed by atoms with Crippen LogP contribution in [-0.4, -0.2) is 11.9 Å². The molecule has 3 heteroatoms. The van der Waals surface area contributed by atoms with Crippen molar-refractivity contribution in [3.05, 3.63) is 0 Å². The summed E-state index contributed by atoms with van der Waals surface area (Å²) in [6, 6.07) is 0. The number of hydrogen-bond donors (Lipinski definition) is 0. The Morgan fingerprint density at radius 1 is 1.36 bits per heavy atom. The average molecular weight is 179 g/mol. The zero-order valence-corrected chi connectivity index (χ0v) is 7.16. The molecule has 0 heterocycles. The van der Waals surface area contributed by atoms with Gasteiger partial charge in [0.15, 0.2) is 0 Å². The lowest BCUT2D eigenvalue weighted by molar-refractivity contribution is -0.123. The maximum atomic E-state index is 12.5. The number of carbonyl (C=O) groups excluding carboxylic acids is 1. The van der Waals surface area contributed by atoms with Gasteiger partial charge in [-0.25, -0.2) is 4.39 Å². The predicted molar refractivity (Wildman–Crippen MR) is 42.4 cm³/mol. The zero-order chi connectivity index (χ0) is 8.32. The van der Waals surface area contributed by atoms with Crippen molar-refractivity contribution in [2.24, 2.45) is 5.41 Å². The molecule has 0 radical (unpaired) electrons. The summed E-state index contributed by atoms with van der Waals surface area (Å²) in [7, 11) is 0. The minimum Gasteiger partial charge on any atom is -0.281 e. The zero-order valence-electron chi connectivity index (χ0n) is 6.41. The van der Waals surface area contributed by atoms with E-state index in [4.69, 9.17) is 11.6 Å². The van der Waals surface area contributed by atoms with Crippen molar-refractivity contribution in [3.8, 4) is 0 Å². The highest BCUT2D eigenvalue weighted by Crippen LogP contribution is 2.38. The second-order valence-electron chi connectivity index (χ2n) is 3.25. The lowest BCUT2D eigenvalue weighted by atomic mass is 9.76. The van der Waals surface area contributed by atoms with E-state index in [0.29, 0.717) is 12.8 Å². The van der Waals surface area contributed by atoms with Crippen LogP contribution in [0.1, 0.15) is 32.1 Å². The number of alkyl halides is 1. The first-order valence-electron chi connectivity index (χ1n) is 3.97. The fraction of sp³-hybridized carbons (Fsp3) is 0.875. The summed E-state index contributed by atoms with van der Waals surface area (Å²) < 4.78 is 12.5. The number of rotatable bonds is 2. The van der Waals surface area contributed by atoms with Gasteiger partial charge in [-0.15, -0.1) is 0 Å². The molecule has 1 nitrogen and oxygen atoms in total. The smallest absolute Gasteiger partial charge is 0.230 e. The van der Waals surface area contributed by atoms with Gasteiger partial charge in [-0.1, -0.05) is 19.3 Å². The van der Waals surface area contributed by atoms with Crippen molar-refractivity contribution in [2.75, 3.05) is 6.67 Å². The van der Waals surface area contributed by atoms with E-state index < -0.39 is 17.3 Å². The molecule has 1 rings (SSSR count). The van der Waals surface area contributed by atoms with Crippen LogP contribution in [0.25, 0.3) is 0 Å². The van der Waals surface area contributed by atoms with Crippen molar-refractivity contribution < 1.29 is 9.18 Å². The molecular weight excluding hydrogens is 167 g/mol. The standard InChI is InChI=1S/C8H12ClFO/c9-7(11)8(6-10)4-2-1-3-5-8/h1-6H2. The molecule has 11 heavy (non-hydrogen) atoms. The van der Waals surface area contributed by atoms with E-state index in [1.165, 1.54) is 0 Å². The van der Waals surface area contributed by atoms with Crippen LogP contribution in [0.15, 0.2) is 0 Å². The summed E-state index contributed by atoms with van der Waals surface area (Å²) in [5.41, 5.74) is -0.820. The maximum Gasteiger partial charge on any atom is 0.230 e. The minimum absolute atomic E-state index is 0.486. The Balaban J connectivity index is 2.64. The summed E-state index contributed by atoms with van der Waals surface area (Å²) in [5.74, 6) is 0. The fourth-order valence-corrected chi connectivity index (χ4v) is 1.85. The van der Waals surface area contributed by atoms with Crippen molar-refractivity contribution in [1.82, 2.24) is 0 Å². The lowest BCUT2D eigenvalue weighted by Gasteiger charge is -2.30. The molecule has 0 aromatic carbocycles. The summed E-state index contributed by atoms with van der Waals surface area (Å²) >= 11 is 5.33. The summed E-state index contributed by atoms with van der Waals surface area (Å²) in [4.78, 5) is 10.9. The van der Waals surface area contributed by atoms with Gasteiger partial charge in [0.2, 0.25) is 5.24 Å². The molecule has 64 valence electrons. The second-order valence-corrected chi connectivity index (χ2v) is 3.59. The molecule has 0 atom stereocenters. The lowest BCUT2D eigenvalue weighted by Crippen LogP contribution is -2.32. The number of carbonyl (C=O) groups is 1. The first kappa shape index (κ1) is 8.98. The molecule has 0 N–H and O–H groups in total. The van der Waals surface area contributed by atoms with Crippen molar-refractivity contribution >= 4 is 16.8 Å². The molecular formula is C8H12ClFO. The van der Waals surface area contributed by atoms with Gasteiger partial charge in [0, 0.05) is 0 Å². The van der Waals surface area contributed by atoms with E-state index in [9.17, 15) is 9.18 Å². The molecule has 1 aliphatic carbocycles. The van der Waals surface area contributed by atoms with Crippen LogP contribution in [0.4, 0.5) is 4.39 Å². The van der Waals surface area contributed by atoms with E-state index in [1.807, 2.05) is 0 Å². The van der Waals surface area contributed by atoms with Crippen molar-refractivity contribution in [3.63, 3.8) is 0 Å². The van der Waals surface area contributed by atoms with E-state index in [-0.39, 0.29) is 0 Å². The topological polar surface area (TPSA) is 17.1 Å². The molecule has 0 spiro atoms. The van der Waals surface area contributed by atoms with Gasteiger partial charge in [0.1, 0.15) is 6.67 Å². The fourth-order valence-electron chi connectivity index (χ4n) is 1.61. The number of halogens is 2. The molecule has 0 bridgehead atoms. The van der Waals surface area contributed by atoms with Gasteiger partial charge in [0.05, 0.1) is 5.41 Å². The van der Waals surface area contributed by atoms with E-state index in [1.54, 1.807) is 0 Å². The minimum atomic E-state index is -0.820. The van der Waals surface area contributed by atoms with Gasteiger partial charge < -0.3 is 0 Å². The first-order valence-corrected chi connectivity index (χ1v) is 4.35. The molecule has 0 aromatic rings. The monoisotopic (exact) mass is 178 g/mol. The van der Waals surface area contributed by atoms with Crippen molar-refractivity contribution in [2.45, 2.75) is 32.1 Å². The first-order chi connectivity index (χ1) is 5.21. The average Bonchev–Trinajstić information content (AvgIpc) is 2.05. The molecule has 1 aliphatic rings. The van der Waals surface area contributed by atoms with Gasteiger partial charge in [-0.2, -0.15) is 0 Å². The van der Waals surface area contributed by atoms with Crippen LogP contribution in [0.3, 0.4) is 0 Å². The van der Waals surface area contributed by atoms with Gasteiger partial charge >= 0.3 is 0 Å². The van der Waals surface area contributed by atoms with Gasteiger partial charge in [-0.05, 0) is 24.4 Å². The Bertz CT molecular complexity index is 152. The molecule has 0 saturated heterocycles. The molecule has 0 aromatic heterocycles.